The topological polar surface area (TPSA) is 66.0 Å². The molecule has 0 saturated carbocycles. The van der Waals surface area contributed by atoms with Crippen LogP contribution in [0.3, 0.4) is 0 Å². The SMILES string of the molecule is CN=C(NCCC1CCN(CC(F)(F)F)CC1)NCC(=O)OC(C)(C)C.I. The summed E-state index contributed by atoms with van der Waals surface area (Å²) in [6.45, 7) is 6.23. The summed E-state index contributed by atoms with van der Waals surface area (Å²) in [4.78, 5) is 17.2. The number of hydrogen-bond acceptors (Lipinski definition) is 4. The maximum Gasteiger partial charge on any atom is 0.401 e. The smallest absolute Gasteiger partial charge is 0.401 e. The Labute approximate surface area is 176 Å². The van der Waals surface area contributed by atoms with Crippen molar-refractivity contribution in [1.29, 1.82) is 0 Å². The Morgan fingerprint density at radius 1 is 1.19 bits per heavy atom. The molecule has 1 aliphatic heterocycles. The third-order valence-electron chi connectivity index (χ3n) is 4.00. The molecule has 0 aromatic rings. The van der Waals surface area contributed by atoms with Crippen molar-refractivity contribution in [3.8, 4) is 0 Å². The summed E-state index contributed by atoms with van der Waals surface area (Å²) in [7, 11) is 1.61. The lowest BCUT2D eigenvalue weighted by molar-refractivity contribution is -0.153. The van der Waals surface area contributed by atoms with Crippen LogP contribution in [-0.4, -0.2) is 68.4 Å². The van der Waals surface area contributed by atoms with Gasteiger partial charge in [-0.1, -0.05) is 0 Å². The van der Waals surface area contributed by atoms with Crippen LogP contribution in [0.4, 0.5) is 13.2 Å². The number of aliphatic imine (C=N–C) groups is 1. The lowest BCUT2D eigenvalue weighted by atomic mass is 9.93. The number of esters is 1. The summed E-state index contributed by atoms with van der Waals surface area (Å²) in [6, 6.07) is 0. The highest BCUT2D eigenvalue weighted by molar-refractivity contribution is 14.0. The molecule has 1 saturated heterocycles. The molecule has 1 fully saturated rings. The van der Waals surface area contributed by atoms with Gasteiger partial charge in [-0.05, 0) is 59.0 Å². The molecule has 27 heavy (non-hydrogen) atoms. The van der Waals surface area contributed by atoms with Crippen molar-refractivity contribution in [1.82, 2.24) is 15.5 Å². The first kappa shape index (κ1) is 26.2. The van der Waals surface area contributed by atoms with Gasteiger partial charge in [-0.15, -0.1) is 24.0 Å². The molecule has 1 aliphatic rings. The van der Waals surface area contributed by atoms with E-state index in [-0.39, 0.29) is 36.5 Å². The fourth-order valence-corrected chi connectivity index (χ4v) is 2.84. The lowest BCUT2D eigenvalue weighted by Crippen LogP contribution is -2.43. The van der Waals surface area contributed by atoms with Crippen LogP contribution in [-0.2, 0) is 9.53 Å². The van der Waals surface area contributed by atoms with E-state index in [1.807, 2.05) is 0 Å². The molecule has 1 rings (SSSR count). The molecule has 0 bridgehead atoms. The van der Waals surface area contributed by atoms with Crippen molar-refractivity contribution in [2.45, 2.75) is 51.8 Å². The first-order valence-corrected chi connectivity index (χ1v) is 8.94. The first-order chi connectivity index (χ1) is 12.0. The molecule has 6 nitrogen and oxygen atoms in total. The highest BCUT2D eigenvalue weighted by atomic mass is 127. The van der Waals surface area contributed by atoms with Gasteiger partial charge in [0.25, 0.3) is 0 Å². The largest absolute Gasteiger partial charge is 0.459 e. The standard InChI is InChI=1S/C17H31F3N4O2.HI/c1-16(2,3)26-14(25)11-23-15(21-4)22-8-5-13-6-9-24(10-7-13)12-17(18,19)20;/h13H,5-12H2,1-4H3,(H2,21,22,23);1H. The molecule has 0 radical (unpaired) electrons. The quantitative estimate of drug-likeness (QED) is 0.250. The van der Waals surface area contributed by atoms with Crippen LogP contribution in [0.25, 0.3) is 0 Å². The predicted octanol–water partition coefficient (Wildman–Crippen LogP) is 2.78. The van der Waals surface area contributed by atoms with E-state index < -0.39 is 18.3 Å². The number of likely N-dealkylation sites (tertiary alicyclic amines) is 1. The molecular formula is C17H32F3IN4O2. The van der Waals surface area contributed by atoms with Crippen LogP contribution >= 0.6 is 24.0 Å². The fourth-order valence-electron chi connectivity index (χ4n) is 2.84. The fraction of sp³-hybridized carbons (Fsp3) is 0.882. The number of ether oxygens (including phenoxy) is 1. The van der Waals surface area contributed by atoms with Crippen molar-refractivity contribution < 1.29 is 22.7 Å². The van der Waals surface area contributed by atoms with Crippen molar-refractivity contribution >= 4 is 35.9 Å². The zero-order valence-corrected chi connectivity index (χ0v) is 18.8. The number of rotatable bonds is 6. The van der Waals surface area contributed by atoms with Gasteiger partial charge in [0.05, 0.1) is 6.54 Å². The van der Waals surface area contributed by atoms with E-state index in [0.29, 0.717) is 31.5 Å². The molecule has 0 aliphatic carbocycles. The van der Waals surface area contributed by atoms with Crippen LogP contribution in [0.5, 0.6) is 0 Å². The van der Waals surface area contributed by atoms with Crippen molar-refractivity contribution in [2.24, 2.45) is 10.9 Å². The summed E-state index contributed by atoms with van der Waals surface area (Å²) in [5.41, 5.74) is -0.531. The number of hydrogen-bond donors (Lipinski definition) is 2. The normalized spacial score (nSPS) is 17.2. The molecule has 0 unspecified atom stereocenters. The minimum atomic E-state index is -4.12. The molecule has 0 aromatic carbocycles. The van der Waals surface area contributed by atoms with Crippen molar-refractivity contribution in [3.05, 3.63) is 0 Å². The second-order valence-electron chi connectivity index (χ2n) is 7.56. The van der Waals surface area contributed by atoms with Gasteiger partial charge >= 0.3 is 12.1 Å². The van der Waals surface area contributed by atoms with Crippen LogP contribution < -0.4 is 10.6 Å². The number of carbonyl (C=O) groups excluding carboxylic acids is 1. The van der Waals surface area contributed by atoms with Crippen molar-refractivity contribution in [3.63, 3.8) is 0 Å². The Kier molecular flexibility index (Phi) is 11.6. The molecule has 0 atom stereocenters. The summed E-state index contributed by atoms with van der Waals surface area (Å²) in [5.74, 6) is 0.541. The van der Waals surface area contributed by atoms with E-state index in [4.69, 9.17) is 4.74 Å². The van der Waals surface area contributed by atoms with E-state index >= 15 is 0 Å². The number of carbonyl (C=O) groups is 1. The van der Waals surface area contributed by atoms with Gasteiger partial charge in [0.1, 0.15) is 12.1 Å². The lowest BCUT2D eigenvalue weighted by Gasteiger charge is -2.32. The van der Waals surface area contributed by atoms with Gasteiger partial charge in [0.2, 0.25) is 0 Å². The number of piperidine rings is 1. The zero-order chi connectivity index (χ0) is 19.8. The number of halogens is 4. The maximum absolute atomic E-state index is 12.4. The third-order valence-corrected chi connectivity index (χ3v) is 4.00. The monoisotopic (exact) mass is 508 g/mol. The Morgan fingerprint density at radius 2 is 1.78 bits per heavy atom. The third kappa shape index (κ3) is 13.1. The summed E-state index contributed by atoms with van der Waals surface area (Å²) >= 11 is 0. The van der Waals surface area contributed by atoms with Crippen LogP contribution in [0.15, 0.2) is 4.99 Å². The van der Waals surface area contributed by atoms with Crippen LogP contribution in [0.2, 0.25) is 0 Å². The summed E-state index contributed by atoms with van der Waals surface area (Å²) < 4.78 is 42.4. The van der Waals surface area contributed by atoms with E-state index in [0.717, 1.165) is 19.3 Å². The number of alkyl halides is 3. The van der Waals surface area contributed by atoms with Gasteiger partial charge in [-0.25, -0.2) is 0 Å². The zero-order valence-electron chi connectivity index (χ0n) is 16.5. The first-order valence-electron chi connectivity index (χ1n) is 8.94. The van der Waals surface area contributed by atoms with Gasteiger partial charge in [0, 0.05) is 13.6 Å². The maximum atomic E-state index is 12.4. The molecule has 1 heterocycles. The molecule has 0 amide bonds. The minimum absolute atomic E-state index is 0. The number of guanidine groups is 1. The molecule has 0 spiro atoms. The molecule has 160 valence electrons. The molecular weight excluding hydrogens is 476 g/mol. The molecule has 2 N–H and O–H groups in total. The Bertz CT molecular complexity index is 474. The van der Waals surface area contributed by atoms with Crippen LogP contribution in [0, 0.1) is 5.92 Å². The van der Waals surface area contributed by atoms with E-state index in [2.05, 4.69) is 15.6 Å². The second-order valence-corrected chi connectivity index (χ2v) is 7.56. The Morgan fingerprint density at radius 3 is 2.26 bits per heavy atom. The average molecular weight is 508 g/mol. The Hall–Kier alpha value is -0.780. The number of nitrogens with zero attached hydrogens (tertiary/aromatic N) is 2. The van der Waals surface area contributed by atoms with E-state index in [9.17, 15) is 18.0 Å². The van der Waals surface area contributed by atoms with E-state index in [1.165, 1.54) is 4.90 Å². The van der Waals surface area contributed by atoms with Gasteiger partial charge in [0.15, 0.2) is 5.96 Å². The predicted molar refractivity (Wildman–Crippen MR) is 110 cm³/mol. The van der Waals surface area contributed by atoms with Gasteiger partial charge < -0.3 is 15.4 Å². The highest BCUT2D eigenvalue weighted by Crippen LogP contribution is 2.23. The Balaban J connectivity index is 0.00000676. The molecule has 10 heteroatoms. The van der Waals surface area contributed by atoms with Crippen LogP contribution in [0.1, 0.15) is 40.0 Å². The van der Waals surface area contributed by atoms with E-state index in [1.54, 1.807) is 27.8 Å². The molecule has 0 aromatic heterocycles. The van der Waals surface area contributed by atoms with Gasteiger partial charge in [-0.3, -0.25) is 14.7 Å². The van der Waals surface area contributed by atoms with Crippen molar-refractivity contribution in [2.75, 3.05) is 39.8 Å². The minimum Gasteiger partial charge on any atom is -0.459 e. The second kappa shape index (κ2) is 11.9. The van der Waals surface area contributed by atoms with Gasteiger partial charge in [-0.2, -0.15) is 13.2 Å². The summed E-state index contributed by atoms with van der Waals surface area (Å²) in [5, 5.41) is 6.02. The summed E-state index contributed by atoms with van der Waals surface area (Å²) in [6.07, 6.45) is -1.74. The highest BCUT2D eigenvalue weighted by Gasteiger charge is 2.32. The average Bonchev–Trinajstić information content (AvgIpc) is 2.49. The number of nitrogens with one attached hydrogen (secondary N) is 2.